The van der Waals surface area contributed by atoms with Gasteiger partial charge in [-0.2, -0.15) is 0 Å². The van der Waals surface area contributed by atoms with E-state index in [2.05, 4.69) is 4.98 Å². The van der Waals surface area contributed by atoms with Gasteiger partial charge in [0.1, 0.15) is 17.9 Å². The largest absolute Gasteiger partial charge is 0.368 e. The molecule has 0 spiro atoms. The van der Waals surface area contributed by atoms with Crippen molar-refractivity contribution >= 4 is 22.8 Å². The fourth-order valence-corrected chi connectivity index (χ4v) is 4.53. The van der Waals surface area contributed by atoms with E-state index in [0.29, 0.717) is 25.1 Å². The SMILES string of the molecule is NC(=O)c1c(CC(O)O)c2ncc(Cc3ccc(F)cc3)cc2n(CC(=O)N2CCCCC2)c1=O. The monoisotopic (exact) mass is 482 g/mol. The Labute approximate surface area is 200 Å². The van der Waals surface area contributed by atoms with Crippen LogP contribution in [0.5, 0.6) is 0 Å². The molecule has 9 nitrogen and oxygen atoms in total. The molecule has 0 aliphatic carbocycles. The molecule has 2 aromatic heterocycles. The van der Waals surface area contributed by atoms with Crippen LogP contribution < -0.4 is 11.3 Å². The van der Waals surface area contributed by atoms with Crippen LogP contribution in [-0.2, 0) is 24.2 Å². The van der Waals surface area contributed by atoms with Gasteiger partial charge < -0.3 is 20.8 Å². The third kappa shape index (κ3) is 5.39. The van der Waals surface area contributed by atoms with Crippen LogP contribution in [0, 0.1) is 5.82 Å². The first-order valence-electron chi connectivity index (χ1n) is 11.5. The minimum Gasteiger partial charge on any atom is -0.368 e. The van der Waals surface area contributed by atoms with Crippen molar-refractivity contribution in [3.05, 3.63) is 75.0 Å². The predicted molar refractivity (Wildman–Crippen MR) is 126 cm³/mol. The number of carbonyl (C=O) groups excluding carboxylic acids is 2. The molecule has 4 N–H and O–H groups in total. The summed E-state index contributed by atoms with van der Waals surface area (Å²) in [4.78, 5) is 44.8. The number of rotatable bonds is 7. The van der Waals surface area contributed by atoms with E-state index in [1.165, 1.54) is 22.9 Å². The smallest absolute Gasteiger partial charge is 0.264 e. The van der Waals surface area contributed by atoms with Gasteiger partial charge in [0.25, 0.3) is 11.5 Å². The van der Waals surface area contributed by atoms with Gasteiger partial charge >= 0.3 is 0 Å². The van der Waals surface area contributed by atoms with E-state index in [9.17, 15) is 29.0 Å². The first-order valence-corrected chi connectivity index (χ1v) is 11.5. The third-order valence-corrected chi connectivity index (χ3v) is 6.22. The van der Waals surface area contributed by atoms with Crippen molar-refractivity contribution in [1.82, 2.24) is 14.5 Å². The molecule has 1 aliphatic heterocycles. The molecule has 0 radical (unpaired) electrons. The van der Waals surface area contributed by atoms with Gasteiger partial charge in [-0.05, 0) is 55.0 Å². The molecule has 0 bridgehead atoms. The highest BCUT2D eigenvalue weighted by atomic mass is 19.1. The highest BCUT2D eigenvalue weighted by Gasteiger charge is 2.25. The highest BCUT2D eigenvalue weighted by Crippen LogP contribution is 2.23. The number of fused-ring (bicyclic) bond motifs is 1. The van der Waals surface area contributed by atoms with Gasteiger partial charge in [0.05, 0.1) is 11.0 Å². The van der Waals surface area contributed by atoms with Crippen molar-refractivity contribution in [1.29, 1.82) is 0 Å². The maximum atomic E-state index is 13.4. The van der Waals surface area contributed by atoms with Crippen molar-refractivity contribution in [2.75, 3.05) is 13.1 Å². The van der Waals surface area contributed by atoms with Crippen molar-refractivity contribution in [3.63, 3.8) is 0 Å². The molecule has 0 saturated carbocycles. The summed E-state index contributed by atoms with van der Waals surface area (Å²) in [6, 6.07) is 7.63. The first-order chi connectivity index (χ1) is 16.7. The lowest BCUT2D eigenvalue weighted by molar-refractivity contribution is -0.132. The fraction of sp³-hybridized carbons (Fsp3) is 0.360. The van der Waals surface area contributed by atoms with Gasteiger partial charge in [0.2, 0.25) is 5.91 Å². The average molecular weight is 483 g/mol. The number of benzene rings is 1. The molecule has 0 unspecified atom stereocenters. The molecule has 3 heterocycles. The van der Waals surface area contributed by atoms with Gasteiger partial charge in [-0.3, -0.25) is 23.9 Å². The minimum absolute atomic E-state index is 0.0162. The van der Waals surface area contributed by atoms with Crippen LogP contribution in [0.4, 0.5) is 4.39 Å². The number of aliphatic hydroxyl groups excluding tert-OH is 1. The molecule has 35 heavy (non-hydrogen) atoms. The van der Waals surface area contributed by atoms with Crippen molar-refractivity contribution < 1.29 is 24.2 Å². The number of nitrogens with zero attached hydrogens (tertiary/aromatic N) is 3. The average Bonchev–Trinajstić information content (AvgIpc) is 2.83. The van der Waals surface area contributed by atoms with E-state index >= 15 is 0 Å². The van der Waals surface area contributed by atoms with Crippen LogP contribution in [0.1, 0.15) is 46.3 Å². The first kappa shape index (κ1) is 24.5. The highest BCUT2D eigenvalue weighted by molar-refractivity contribution is 5.98. The van der Waals surface area contributed by atoms with Gasteiger partial charge in [-0.25, -0.2) is 4.39 Å². The Morgan fingerprint density at radius 3 is 2.40 bits per heavy atom. The summed E-state index contributed by atoms with van der Waals surface area (Å²) in [6.45, 7) is 0.882. The number of aromatic nitrogens is 2. The molecule has 184 valence electrons. The maximum Gasteiger partial charge on any atom is 0.264 e. The molecule has 1 aliphatic rings. The van der Waals surface area contributed by atoms with Crippen molar-refractivity contribution in [2.24, 2.45) is 5.73 Å². The second kappa shape index (κ2) is 10.3. The fourth-order valence-electron chi connectivity index (χ4n) is 4.53. The Balaban J connectivity index is 1.86. The van der Waals surface area contributed by atoms with Gasteiger partial charge in [-0.1, -0.05) is 12.1 Å². The van der Waals surface area contributed by atoms with Crippen LogP contribution in [0.15, 0.2) is 41.3 Å². The number of piperidine rings is 1. The van der Waals surface area contributed by atoms with Crippen LogP contribution in [0.3, 0.4) is 0 Å². The number of hydrogen-bond donors (Lipinski definition) is 3. The summed E-state index contributed by atoms with van der Waals surface area (Å²) in [5.74, 6) is -1.66. The Morgan fingerprint density at radius 2 is 1.77 bits per heavy atom. The Hall–Kier alpha value is -3.63. The normalized spacial score (nSPS) is 14.0. The second-order valence-electron chi connectivity index (χ2n) is 8.75. The molecule has 0 atom stereocenters. The number of pyridine rings is 2. The number of hydrogen-bond acceptors (Lipinski definition) is 6. The minimum atomic E-state index is -1.85. The zero-order chi connectivity index (χ0) is 25.1. The van der Waals surface area contributed by atoms with Crippen LogP contribution in [0.2, 0.25) is 0 Å². The Bertz CT molecular complexity index is 1310. The van der Waals surface area contributed by atoms with Crippen molar-refractivity contribution in [3.8, 4) is 0 Å². The molecule has 4 rings (SSSR count). The zero-order valence-electron chi connectivity index (χ0n) is 19.1. The standard InChI is InChI=1S/C25H27FN4O5/c26-17-6-4-15(5-7-17)10-16-11-19-23(28-13-16)18(12-21(32)33)22(24(27)34)25(35)30(19)14-20(31)29-8-2-1-3-9-29/h4-7,11,13,21,32-33H,1-3,8-10,12,14H2,(H2,27,34). The molecule has 10 heteroatoms. The van der Waals surface area contributed by atoms with E-state index in [4.69, 9.17) is 5.73 Å². The lowest BCUT2D eigenvalue weighted by Crippen LogP contribution is -2.41. The van der Waals surface area contributed by atoms with E-state index in [0.717, 1.165) is 24.8 Å². The summed E-state index contributed by atoms with van der Waals surface area (Å²) in [7, 11) is 0. The van der Waals surface area contributed by atoms with Gasteiger partial charge in [0, 0.05) is 31.3 Å². The summed E-state index contributed by atoms with van der Waals surface area (Å²) in [5, 5.41) is 19.2. The number of carbonyl (C=O) groups is 2. The number of nitrogens with two attached hydrogens (primary N) is 1. The summed E-state index contributed by atoms with van der Waals surface area (Å²) < 4.78 is 14.5. The van der Waals surface area contributed by atoms with E-state index in [1.54, 1.807) is 23.1 Å². The van der Waals surface area contributed by atoms with E-state index in [-0.39, 0.29) is 34.9 Å². The van der Waals surface area contributed by atoms with E-state index in [1.807, 2.05) is 0 Å². The predicted octanol–water partition coefficient (Wildman–Crippen LogP) is 1.09. The lowest BCUT2D eigenvalue weighted by Gasteiger charge is -2.27. The number of likely N-dealkylation sites (tertiary alicyclic amines) is 1. The number of halogens is 1. The van der Waals surface area contributed by atoms with Crippen molar-refractivity contribution in [2.45, 2.75) is 44.9 Å². The summed E-state index contributed by atoms with van der Waals surface area (Å²) in [5.41, 5.74) is 6.27. The van der Waals surface area contributed by atoms with Crippen LogP contribution in [0.25, 0.3) is 11.0 Å². The number of primary amides is 1. The molecule has 1 aromatic carbocycles. The molecule has 3 aromatic rings. The van der Waals surface area contributed by atoms with E-state index < -0.39 is 29.7 Å². The van der Waals surface area contributed by atoms with Crippen LogP contribution in [-0.4, -0.2) is 55.9 Å². The topological polar surface area (TPSA) is 139 Å². The van der Waals surface area contributed by atoms with Crippen LogP contribution >= 0.6 is 0 Å². The molecular formula is C25H27FN4O5. The number of aliphatic hydroxyl groups is 2. The lowest BCUT2D eigenvalue weighted by atomic mass is 10.0. The Kier molecular flexibility index (Phi) is 7.23. The Morgan fingerprint density at radius 1 is 1.09 bits per heavy atom. The van der Waals surface area contributed by atoms with Gasteiger partial charge in [-0.15, -0.1) is 0 Å². The van der Waals surface area contributed by atoms with Gasteiger partial charge in [0.15, 0.2) is 6.29 Å². The summed E-state index contributed by atoms with van der Waals surface area (Å²) >= 11 is 0. The molecule has 1 saturated heterocycles. The molecule has 2 amide bonds. The number of amides is 2. The third-order valence-electron chi connectivity index (χ3n) is 6.22. The molecule has 1 fully saturated rings. The second-order valence-corrected chi connectivity index (χ2v) is 8.75. The quantitative estimate of drug-likeness (QED) is 0.431. The maximum absolute atomic E-state index is 13.4. The molecular weight excluding hydrogens is 455 g/mol. The summed E-state index contributed by atoms with van der Waals surface area (Å²) in [6.07, 6.45) is 2.43. The zero-order valence-corrected chi connectivity index (χ0v) is 19.1.